The third-order valence-corrected chi connectivity index (χ3v) is 6.06. The van der Waals surface area contributed by atoms with Gasteiger partial charge in [-0.15, -0.1) is 0 Å². The molecule has 1 N–H and O–H groups in total. The van der Waals surface area contributed by atoms with Crippen LogP contribution in [0.4, 0.5) is 5.69 Å². The number of amides is 1. The first-order chi connectivity index (χ1) is 12.6. The topological polar surface area (TPSA) is 84.9 Å². The zero-order chi connectivity index (χ0) is 20.4. The number of benzene rings is 2. The molecule has 0 atom stereocenters. The van der Waals surface area contributed by atoms with Crippen LogP contribution in [-0.4, -0.2) is 46.9 Å². The van der Waals surface area contributed by atoms with E-state index in [9.17, 15) is 13.2 Å². The summed E-state index contributed by atoms with van der Waals surface area (Å²) < 4.78 is 36.2. The monoisotopic (exact) mass is 412 g/mol. The van der Waals surface area contributed by atoms with Gasteiger partial charge in [0.25, 0.3) is 5.91 Å². The Bertz CT molecular complexity index is 974. The molecule has 0 fully saturated rings. The fourth-order valence-corrected chi connectivity index (χ4v) is 3.52. The van der Waals surface area contributed by atoms with Gasteiger partial charge in [-0.3, -0.25) is 4.79 Å². The maximum Gasteiger partial charge on any atom is 0.256 e. The normalized spacial score (nSPS) is 11.4. The van der Waals surface area contributed by atoms with Gasteiger partial charge in [0.2, 0.25) is 10.0 Å². The molecule has 0 saturated heterocycles. The molecule has 9 heteroatoms. The number of carbonyl (C=O) groups excluding carboxylic acids is 1. The Labute approximate surface area is 163 Å². The highest BCUT2D eigenvalue weighted by Crippen LogP contribution is 2.36. The number of carbonyl (C=O) groups is 1. The molecule has 0 aliphatic carbocycles. The van der Waals surface area contributed by atoms with Crippen LogP contribution in [0, 0.1) is 6.92 Å². The SMILES string of the molecule is COc1cc(NC(=O)c2cc(S(=O)(=O)N(C)C)ccc2C)c(OC)cc1Cl. The lowest BCUT2D eigenvalue weighted by atomic mass is 10.1. The minimum Gasteiger partial charge on any atom is -0.495 e. The van der Waals surface area contributed by atoms with Crippen molar-refractivity contribution in [2.75, 3.05) is 33.6 Å². The van der Waals surface area contributed by atoms with E-state index in [1.165, 1.54) is 52.6 Å². The van der Waals surface area contributed by atoms with Crippen LogP contribution in [-0.2, 0) is 10.0 Å². The molecule has 0 unspecified atom stereocenters. The smallest absolute Gasteiger partial charge is 0.256 e. The first kappa shape index (κ1) is 21.0. The fourth-order valence-electron chi connectivity index (χ4n) is 2.36. The Morgan fingerprint density at radius 1 is 1.07 bits per heavy atom. The molecule has 1 amide bonds. The van der Waals surface area contributed by atoms with E-state index in [1.807, 2.05) is 0 Å². The third-order valence-electron chi connectivity index (χ3n) is 3.95. The number of rotatable bonds is 6. The molecule has 0 spiro atoms. The Morgan fingerprint density at radius 2 is 1.70 bits per heavy atom. The first-order valence-corrected chi connectivity index (χ1v) is 9.69. The lowest BCUT2D eigenvalue weighted by Crippen LogP contribution is -2.23. The first-order valence-electron chi connectivity index (χ1n) is 7.88. The minimum atomic E-state index is -3.66. The van der Waals surface area contributed by atoms with Gasteiger partial charge >= 0.3 is 0 Å². The number of anilines is 1. The van der Waals surface area contributed by atoms with Crippen LogP contribution in [0.25, 0.3) is 0 Å². The number of methoxy groups -OCH3 is 2. The highest BCUT2D eigenvalue weighted by molar-refractivity contribution is 7.89. The molecule has 0 aliphatic heterocycles. The van der Waals surface area contributed by atoms with Gasteiger partial charge in [0, 0.05) is 31.8 Å². The van der Waals surface area contributed by atoms with Gasteiger partial charge in [0.1, 0.15) is 11.5 Å². The fraction of sp³-hybridized carbons (Fsp3) is 0.278. The highest BCUT2D eigenvalue weighted by Gasteiger charge is 2.21. The van der Waals surface area contributed by atoms with Crippen LogP contribution in [0.1, 0.15) is 15.9 Å². The second-order valence-electron chi connectivity index (χ2n) is 5.91. The predicted molar refractivity (Wildman–Crippen MR) is 105 cm³/mol. The molecule has 0 heterocycles. The van der Waals surface area contributed by atoms with Gasteiger partial charge in [-0.2, -0.15) is 0 Å². The molecule has 0 aliphatic rings. The summed E-state index contributed by atoms with van der Waals surface area (Å²) in [7, 11) is 2.11. The molecule has 0 saturated carbocycles. The summed E-state index contributed by atoms with van der Waals surface area (Å²) in [5.74, 6) is 0.239. The van der Waals surface area contributed by atoms with Crippen molar-refractivity contribution in [3.8, 4) is 11.5 Å². The predicted octanol–water partition coefficient (Wildman–Crippen LogP) is 3.17. The Hall–Kier alpha value is -2.29. The van der Waals surface area contributed by atoms with Crippen molar-refractivity contribution >= 4 is 33.2 Å². The van der Waals surface area contributed by atoms with E-state index in [1.54, 1.807) is 13.0 Å². The van der Waals surface area contributed by atoms with Crippen LogP contribution < -0.4 is 14.8 Å². The van der Waals surface area contributed by atoms with Crippen molar-refractivity contribution in [2.24, 2.45) is 0 Å². The number of sulfonamides is 1. The summed E-state index contributed by atoms with van der Waals surface area (Å²) in [5.41, 5.74) is 1.21. The van der Waals surface area contributed by atoms with Crippen LogP contribution in [0.2, 0.25) is 5.02 Å². The van der Waals surface area contributed by atoms with E-state index in [4.69, 9.17) is 21.1 Å². The van der Waals surface area contributed by atoms with E-state index in [0.29, 0.717) is 27.8 Å². The minimum absolute atomic E-state index is 0.0314. The molecule has 0 bridgehead atoms. The number of ether oxygens (including phenoxy) is 2. The van der Waals surface area contributed by atoms with Gasteiger partial charge < -0.3 is 14.8 Å². The number of aryl methyl sites for hydroxylation is 1. The summed E-state index contributed by atoms with van der Waals surface area (Å²) in [4.78, 5) is 12.8. The summed E-state index contributed by atoms with van der Waals surface area (Å²) in [6.45, 7) is 1.72. The lowest BCUT2D eigenvalue weighted by molar-refractivity contribution is 0.102. The number of nitrogens with one attached hydrogen (secondary N) is 1. The summed E-state index contributed by atoms with van der Waals surface area (Å²) in [5, 5.41) is 3.05. The lowest BCUT2D eigenvalue weighted by Gasteiger charge is -2.15. The second kappa shape index (κ2) is 8.16. The van der Waals surface area contributed by atoms with E-state index >= 15 is 0 Å². The van der Waals surface area contributed by atoms with Crippen molar-refractivity contribution < 1.29 is 22.7 Å². The summed E-state index contributed by atoms with van der Waals surface area (Å²) >= 11 is 6.07. The maximum absolute atomic E-state index is 12.8. The zero-order valence-electron chi connectivity index (χ0n) is 15.7. The Morgan fingerprint density at radius 3 is 2.26 bits per heavy atom. The molecule has 0 aromatic heterocycles. The maximum atomic E-state index is 12.8. The summed E-state index contributed by atoms with van der Waals surface area (Å²) in [6, 6.07) is 7.46. The Balaban J connectivity index is 2.45. The number of nitrogens with zero attached hydrogens (tertiary/aromatic N) is 1. The molecular weight excluding hydrogens is 392 g/mol. The quantitative estimate of drug-likeness (QED) is 0.787. The summed E-state index contributed by atoms with van der Waals surface area (Å²) in [6.07, 6.45) is 0. The molecule has 27 heavy (non-hydrogen) atoms. The largest absolute Gasteiger partial charge is 0.495 e. The molecule has 2 aromatic carbocycles. The van der Waals surface area contributed by atoms with Gasteiger partial charge in [-0.1, -0.05) is 17.7 Å². The van der Waals surface area contributed by atoms with Crippen LogP contribution in [0.5, 0.6) is 11.5 Å². The average molecular weight is 413 g/mol. The van der Waals surface area contributed by atoms with Crippen LogP contribution in [0.3, 0.4) is 0 Å². The van der Waals surface area contributed by atoms with Crippen molar-refractivity contribution in [3.63, 3.8) is 0 Å². The standard InChI is InChI=1S/C18H21ClN2O5S/c1-11-6-7-12(27(23,24)21(2)3)8-13(11)18(22)20-15-10-16(25-4)14(19)9-17(15)26-5/h6-10H,1-5H3,(H,20,22). The Kier molecular flexibility index (Phi) is 6.35. The van der Waals surface area contributed by atoms with E-state index in [2.05, 4.69) is 5.32 Å². The van der Waals surface area contributed by atoms with Crippen molar-refractivity contribution in [2.45, 2.75) is 11.8 Å². The van der Waals surface area contributed by atoms with Crippen LogP contribution in [0.15, 0.2) is 35.2 Å². The molecule has 7 nitrogen and oxygen atoms in total. The van der Waals surface area contributed by atoms with Crippen molar-refractivity contribution in [3.05, 3.63) is 46.5 Å². The van der Waals surface area contributed by atoms with Crippen LogP contribution >= 0.6 is 11.6 Å². The number of hydrogen-bond donors (Lipinski definition) is 1. The van der Waals surface area contributed by atoms with Gasteiger partial charge in [-0.05, 0) is 24.6 Å². The zero-order valence-corrected chi connectivity index (χ0v) is 17.2. The van der Waals surface area contributed by atoms with Gasteiger partial charge in [0.15, 0.2) is 0 Å². The molecular formula is C18H21ClN2O5S. The molecule has 0 radical (unpaired) electrons. The highest BCUT2D eigenvalue weighted by atomic mass is 35.5. The molecule has 2 aromatic rings. The van der Waals surface area contributed by atoms with Gasteiger partial charge in [0.05, 0.1) is 29.8 Å². The average Bonchev–Trinajstić information content (AvgIpc) is 2.62. The van der Waals surface area contributed by atoms with E-state index in [0.717, 1.165) is 4.31 Å². The second-order valence-corrected chi connectivity index (χ2v) is 8.46. The number of hydrogen-bond acceptors (Lipinski definition) is 5. The van der Waals surface area contributed by atoms with Crippen molar-refractivity contribution in [1.29, 1.82) is 0 Å². The molecule has 2 rings (SSSR count). The van der Waals surface area contributed by atoms with E-state index < -0.39 is 15.9 Å². The third kappa shape index (κ3) is 4.35. The number of halogens is 1. The van der Waals surface area contributed by atoms with E-state index in [-0.39, 0.29) is 10.5 Å². The van der Waals surface area contributed by atoms with Crippen molar-refractivity contribution in [1.82, 2.24) is 4.31 Å². The molecule has 146 valence electrons. The van der Waals surface area contributed by atoms with Gasteiger partial charge in [-0.25, -0.2) is 12.7 Å².